The van der Waals surface area contributed by atoms with E-state index < -0.39 is 0 Å². The van der Waals surface area contributed by atoms with Crippen LogP contribution in [0.5, 0.6) is 0 Å². The van der Waals surface area contributed by atoms with Crippen molar-refractivity contribution in [1.29, 1.82) is 0 Å². The molecule has 3 aliphatic rings. The minimum absolute atomic E-state index is 0.372. The normalized spacial score (nSPS) is 45.2. The average Bonchev–Trinajstić information content (AvgIpc) is 2.21. The average molecular weight is 165 g/mol. The van der Waals surface area contributed by atoms with Crippen LogP contribution in [0.1, 0.15) is 39.0 Å². The minimum atomic E-state index is 0.372. The lowest BCUT2D eigenvalue weighted by Crippen LogP contribution is -2.49. The Bertz CT molecular complexity index is 175. The molecule has 1 heteroatoms. The number of allylic oxidation sites excluding steroid dienone is 1. The fraction of sp³-hybridized carbons (Fsp3) is 0.818. The second-order valence-corrected chi connectivity index (χ2v) is 4.46. The monoisotopic (exact) mass is 165 g/mol. The molecule has 12 heavy (non-hydrogen) atoms. The summed E-state index contributed by atoms with van der Waals surface area (Å²) >= 11 is 0. The molecule has 0 saturated heterocycles. The maximum absolute atomic E-state index is 3.46. The zero-order valence-electron chi connectivity index (χ0n) is 8.19. The zero-order valence-corrected chi connectivity index (χ0v) is 8.19. The number of nitrogens with one attached hydrogen (secondary N) is 1. The van der Waals surface area contributed by atoms with Crippen molar-refractivity contribution >= 4 is 0 Å². The van der Waals surface area contributed by atoms with Crippen molar-refractivity contribution in [3.8, 4) is 0 Å². The van der Waals surface area contributed by atoms with Gasteiger partial charge in [0.2, 0.25) is 0 Å². The SMILES string of the molecule is CCC12C=CC(NC)(CC1)CC2. The molecule has 1 saturated carbocycles. The van der Waals surface area contributed by atoms with Crippen LogP contribution in [0.15, 0.2) is 12.2 Å². The third-order valence-corrected chi connectivity index (χ3v) is 4.10. The van der Waals surface area contributed by atoms with E-state index >= 15 is 0 Å². The van der Waals surface area contributed by atoms with Gasteiger partial charge >= 0.3 is 0 Å². The Kier molecular flexibility index (Phi) is 1.80. The summed E-state index contributed by atoms with van der Waals surface area (Å²) in [5.41, 5.74) is 0.954. The van der Waals surface area contributed by atoms with Gasteiger partial charge in [-0.25, -0.2) is 0 Å². The second-order valence-electron chi connectivity index (χ2n) is 4.46. The maximum Gasteiger partial charge on any atom is 0.0362 e. The van der Waals surface area contributed by atoms with Crippen molar-refractivity contribution in [3.63, 3.8) is 0 Å². The van der Waals surface area contributed by atoms with Crippen molar-refractivity contribution in [1.82, 2.24) is 5.32 Å². The number of fused-ring (bicyclic) bond motifs is 2. The Hall–Kier alpha value is -0.300. The molecule has 0 aromatic carbocycles. The first-order chi connectivity index (χ1) is 5.74. The Morgan fingerprint density at radius 3 is 2.17 bits per heavy atom. The van der Waals surface area contributed by atoms with Gasteiger partial charge in [0.05, 0.1) is 0 Å². The topological polar surface area (TPSA) is 12.0 Å². The lowest BCUT2D eigenvalue weighted by Gasteiger charge is -2.48. The molecule has 1 N–H and O–H groups in total. The van der Waals surface area contributed by atoms with Crippen molar-refractivity contribution < 1.29 is 0 Å². The Morgan fingerprint density at radius 2 is 1.83 bits per heavy atom. The fourth-order valence-corrected chi connectivity index (χ4v) is 2.67. The highest BCUT2D eigenvalue weighted by atomic mass is 14.9. The predicted molar refractivity (Wildman–Crippen MR) is 52.1 cm³/mol. The van der Waals surface area contributed by atoms with E-state index in [0.29, 0.717) is 11.0 Å². The summed E-state index contributed by atoms with van der Waals surface area (Å²) in [5.74, 6) is 0. The third kappa shape index (κ3) is 1.03. The van der Waals surface area contributed by atoms with E-state index in [4.69, 9.17) is 0 Å². The van der Waals surface area contributed by atoms with Gasteiger partial charge in [-0.1, -0.05) is 19.1 Å². The van der Waals surface area contributed by atoms with Gasteiger partial charge < -0.3 is 5.32 Å². The van der Waals surface area contributed by atoms with Crippen LogP contribution in [0.3, 0.4) is 0 Å². The smallest absolute Gasteiger partial charge is 0.0362 e. The van der Waals surface area contributed by atoms with Crippen LogP contribution < -0.4 is 5.32 Å². The second kappa shape index (κ2) is 2.59. The van der Waals surface area contributed by atoms with Crippen LogP contribution in [-0.4, -0.2) is 12.6 Å². The van der Waals surface area contributed by atoms with E-state index in [1.54, 1.807) is 0 Å². The highest BCUT2D eigenvalue weighted by Crippen LogP contribution is 2.49. The van der Waals surface area contributed by atoms with Gasteiger partial charge in [-0.15, -0.1) is 0 Å². The van der Waals surface area contributed by atoms with Gasteiger partial charge in [0.15, 0.2) is 0 Å². The number of hydrogen-bond donors (Lipinski definition) is 1. The molecule has 1 nitrogen and oxygen atoms in total. The van der Waals surface area contributed by atoms with Crippen LogP contribution in [0.25, 0.3) is 0 Å². The van der Waals surface area contributed by atoms with Gasteiger partial charge in [-0.2, -0.15) is 0 Å². The minimum Gasteiger partial charge on any atom is -0.311 e. The van der Waals surface area contributed by atoms with Crippen LogP contribution >= 0.6 is 0 Å². The fourth-order valence-electron chi connectivity index (χ4n) is 2.67. The molecule has 0 aliphatic heterocycles. The van der Waals surface area contributed by atoms with Crippen molar-refractivity contribution in [2.24, 2.45) is 5.41 Å². The third-order valence-electron chi connectivity index (χ3n) is 4.10. The molecule has 0 aromatic heterocycles. The van der Waals surface area contributed by atoms with Crippen molar-refractivity contribution in [2.45, 2.75) is 44.6 Å². The molecule has 3 rings (SSSR count). The number of likely N-dealkylation sites (N-methyl/N-ethyl adjacent to an activating group) is 1. The molecular formula is C11H19N. The number of rotatable bonds is 2. The molecule has 0 aromatic rings. The molecule has 0 spiro atoms. The lowest BCUT2D eigenvalue weighted by molar-refractivity contribution is 0.152. The number of hydrogen-bond acceptors (Lipinski definition) is 1. The van der Waals surface area contributed by atoms with Gasteiger partial charge in [-0.3, -0.25) is 0 Å². The van der Waals surface area contributed by atoms with Gasteiger partial charge in [0.25, 0.3) is 0 Å². The first-order valence-corrected chi connectivity index (χ1v) is 5.14. The molecule has 0 atom stereocenters. The van der Waals surface area contributed by atoms with Crippen LogP contribution in [-0.2, 0) is 0 Å². The van der Waals surface area contributed by atoms with Gasteiger partial charge in [-0.05, 0) is 44.6 Å². The summed E-state index contributed by atoms with van der Waals surface area (Å²) in [7, 11) is 2.09. The molecule has 3 aliphatic carbocycles. The van der Waals surface area contributed by atoms with E-state index in [2.05, 4.69) is 31.4 Å². The maximum atomic E-state index is 3.46. The Balaban J connectivity index is 2.23. The molecule has 68 valence electrons. The summed E-state index contributed by atoms with van der Waals surface area (Å²) in [6, 6.07) is 0. The van der Waals surface area contributed by atoms with Gasteiger partial charge in [0.1, 0.15) is 0 Å². The molecule has 2 bridgehead atoms. The lowest BCUT2D eigenvalue weighted by atomic mass is 9.61. The summed E-state index contributed by atoms with van der Waals surface area (Å²) in [6.45, 7) is 2.32. The van der Waals surface area contributed by atoms with E-state index in [9.17, 15) is 0 Å². The molecule has 0 heterocycles. The first kappa shape index (κ1) is 8.31. The van der Waals surface area contributed by atoms with E-state index in [1.807, 2.05) is 0 Å². The largest absolute Gasteiger partial charge is 0.311 e. The molecule has 0 radical (unpaired) electrons. The quantitative estimate of drug-likeness (QED) is 0.620. The molecule has 1 fully saturated rings. The van der Waals surface area contributed by atoms with E-state index in [0.717, 1.165) is 0 Å². The Labute approximate surface area is 75.2 Å². The summed E-state index contributed by atoms with van der Waals surface area (Å²) in [6.07, 6.45) is 11.7. The highest BCUT2D eigenvalue weighted by Gasteiger charge is 2.42. The van der Waals surface area contributed by atoms with Crippen LogP contribution in [0, 0.1) is 5.41 Å². The summed E-state index contributed by atoms with van der Waals surface area (Å²) in [5, 5.41) is 3.46. The molecule has 0 unspecified atom stereocenters. The Morgan fingerprint density at radius 1 is 1.17 bits per heavy atom. The predicted octanol–water partition coefficient (Wildman–Crippen LogP) is 2.48. The summed E-state index contributed by atoms with van der Waals surface area (Å²) in [4.78, 5) is 0. The molecule has 0 amide bonds. The molecular weight excluding hydrogens is 146 g/mol. The van der Waals surface area contributed by atoms with E-state index in [1.165, 1.54) is 32.1 Å². The zero-order chi connectivity index (χ0) is 8.66. The van der Waals surface area contributed by atoms with Crippen molar-refractivity contribution in [2.75, 3.05) is 7.05 Å². The highest BCUT2D eigenvalue weighted by molar-refractivity contribution is 5.21. The van der Waals surface area contributed by atoms with Crippen LogP contribution in [0.2, 0.25) is 0 Å². The standard InChI is InChI=1S/C11H19N/c1-3-10-4-7-11(12-2,8-5-10)9-6-10/h4,7,12H,3,5-6,8-9H2,1-2H3. The van der Waals surface area contributed by atoms with Gasteiger partial charge in [0, 0.05) is 5.54 Å². The van der Waals surface area contributed by atoms with Crippen molar-refractivity contribution in [3.05, 3.63) is 12.2 Å². The van der Waals surface area contributed by atoms with E-state index in [-0.39, 0.29) is 0 Å². The summed E-state index contributed by atoms with van der Waals surface area (Å²) < 4.78 is 0. The van der Waals surface area contributed by atoms with Crippen LogP contribution in [0.4, 0.5) is 0 Å². The first-order valence-electron chi connectivity index (χ1n) is 5.14.